The molecule has 4 aromatic carbocycles. The third-order valence-electron chi connectivity index (χ3n) is 6.91. The summed E-state index contributed by atoms with van der Waals surface area (Å²) >= 11 is 0. The van der Waals surface area contributed by atoms with Crippen LogP contribution in [0.4, 0.5) is 10.1 Å². The van der Waals surface area contributed by atoms with E-state index in [9.17, 15) is 8.42 Å². The van der Waals surface area contributed by atoms with E-state index in [-0.39, 0.29) is 24.5 Å². The minimum atomic E-state index is -4.01. The highest BCUT2D eigenvalue weighted by Gasteiger charge is 2.24. The summed E-state index contributed by atoms with van der Waals surface area (Å²) in [5, 5.41) is 0.596. The van der Waals surface area contributed by atoms with E-state index >= 15 is 4.39 Å². The quantitative estimate of drug-likeness (QED) is 0.170. The molecule has 0 amide bonds. The van der Waals surface area contributed by atoms with Crippen LogP contribution >= 0.6 is 0 Å². The Morgan fingerprint density at radius 2 is 1.42 bits per heavy atom. The number of nitrogens with zero attached hydrogens (tertiary/aromatic N) is 2. The fourth-order valence-corrected chi connectivity index (χ4v) is 5.93. The Hall–Kier alpha value is -4.67. The van der Waals surface area contributed by atoms with Gasteiger partial charge in [-0.2, -0.15) is 13.1 Å². The molecule has 0 aliphatic rings. The molecule has 10 heteroatoms. The Morgan fingerprint density at radius 3 is 2.07 bits per heavy atom. The van der Waals surface area contributed by atoms with Crippen LogP contribution in [0.25, 0.3) is 10.9 Å². The number of ether oxygens (including phenoxy) is 3. The van der Waals surface area contributed by atoms with Crippen molar-refractivity contribution in [3.05, 3.63) is 120 Å². The first kappa shape index (κ1) is 29.8. The lowest BCUT2D eigenvalue weighted by atomic mass is 10.1. The molecule has 0 spiro atoms. The van der Waals surface area contributed by atoms with Crippen LogP contribution in [0.5, 0.6) is 23.0 Å². The third kappa shape index (κ3) is 7.22. The summed E-state index contributed by atoms with van der Waals surface area (Å²) < 4.78 is 63.2. The number of nitrogens with one attached hydrogen (secondary N) is 1. The molecule has 0 fully saturated rings. The van der Waals surface area contributed by atoms with Gasteiger partial charge in [0.05, 0.1) is 25.4 Å². The first-order valence-corrected chi connectivity index (χ1v) is 15.2. The minimum Gasteiger partial charge on any atom is -0.493 e. The van der Waals surface area contributed by atoms with Crippen molar-refractivity contribution in [3.8, 4) is 23.0 Å². The summed E-state index contributed by atoms with van der Waals surface area (Å²) in [6.07, 6.45) is 2.51. The second-order valence-electron chi connectivity index (χ2n) is 9.69. The Kier molecular flexibility index (Phi) is 9.38. The lowest BCUT2D eigenvalue weighted by molar-refractivity contribution is 0.355. The maximum Gasteiger partial charge on any atom is 0.301 e. The third-order valence-corrected chi connectivity index (χ3v) is 8.45. The molecule has 0 bridgehead atoms. The second-order valence-corrected chi connectivity index (χ2v) is 11.4. The Morgan fingerprint density at radius 1 is 0.767 bits per heavy atom. The van der Waals surface area contributed by atoms with Crippen LogP contribution in [0, 0.1) is 5.82 Å². The van der Waals surface area contributed by atoms with Crippen LogP contribution in [-0.4, -0.2) is 40.7 Å². The molecule has 0 saturated carbocycles. The van der Waals surface area contributed by atoms with Crippen molar-refractivity contribution < 1.29 is 27.0 Å². The van der Waals surface area contributed by atoms with Crippen LogP contribution in [-0.2, 0) is 23.1 Å². The van der Waals surface area contributed by atoms with Gasteiger partial charge in [0.15, 0.2) is 23.1 Å². The average molecular weight is 602 g/mol. The smallest absolute Gasteiger partial charge is 0.301 e. The average Bonchev–Trinajstić information content (AvgIpc) is 3.02. The molecule has 1 heterocycles. The van der Waals surface area contributed by atoms with Gasteiger partial charge in [-0.25, -0.2) is 4.39 Å². The number of fused-ring (bicyclic) bond motifs is 1. The number of hydrogen-bond donors (Lipinski definition) is 1. The number of methoxy groups -OCH3 is 2. The fourth-order valence-electron chi connectivity index (χ4n) is 4.69. The van der Waals surface area contributed by atoms with Gasteiger partial charge in [0.25, 0.3) is 0 Å². The summed E-state index contributed by atoms with van der Waals surface area (Å²) in [7, 11) is -0.954. The van der Waals surface area contributed by atoms with Gasteiger partial charge in [-0.3, -0.25) is 9.29 Å². The predicted molar refractivity (Wildman–Crippen MR) is 166 cm³/mol. The first-order chi connectivity index (χ1) is 20.9. The molecule has 0 unspecified atom stereocenters. The van der Waals surface area contributed by atoms with Crippen molar-refractivity contribution in [2.75, 3.05) is 31.6 Å². The van der Waals surface area contributed by atoms with Gasteiger partial charge in [0, 0.05) is 36.8 Å². The number of pyridine rings is 1. The Bertz CT molecular complexity index is 1790. The van der Waals surface area contributed by atoms with Gasteiger partial charge in [-0.15, -0.1) is 0 Å². The summed E-state index contributed by atoms with van der Waals surface area (Å²) in [6.45, 7) is 0.308. The molecular formula is C33H32FN3O5S. The predicted octanol–water partition coefficient (Wildman–Crippen LogP) is 6.31. The van der Waals surface area contributed by atoms with E-state index in [1.54, 1.807) is 24.4 Å². The number of rotatable bonds is 13. The molecule has 0 radical (unpaired) electrons. The highest BCUT2D eigenvalue weighted by atomic mass is 32.2. The fraction of sp³-hybridized carbons (Fsp3) is 0.182. The van der Waals surface area contributed by atoms with Crippen molar-refractivity contribution in [2.24, 2.45) is 0 Å². The molecule has 1 aromatic heterocycles. The summed E-state index contributed by atoms with van der Waals surface area (Å²) in [5.41, 5.74) is 2.73. The van der Waals surface area contributed by atoms with Gasteiger partial charge in [-0.05, 0) is 48.2 Å². The van der Waals surface area contributed by atoms with E-state index in [2.05, 4.69) is 9.71 Å². The zero-order chi connectivity index (χ0) is 30.2. The van der Waals surface area contributed by atoms with Crippen LogP contribution in [0.2, 0.25) is 0 Å². The molecule has 222 valence electrons. The number of hydrogen-bond acceptors (Lipinski definition) is 6. The number of halogens is 1. The molecule has 0 atom stereocenters. The molecule has 5 rings (SSSR count). The molecule has 1 N–H and O–H groups in total. The van der Waals surface area contributed by atoms with Gasteiger partial charge >= 0.3 is 10.2 Å². The Balaban J connectivity index is 1.40. The largest absolute Gasteiger partial charge is 0.493 e. The van der Waals surface area contributed by atoms with E-state index in [0.29, 0.717) is 41.0 Å². The number of benzene rings is 4. The molecule has 0 aliphatic heterocycles. The topological polar surface area (TPSA) is 90.0 Å². The molecule has 43 heavy (non-hydrogen) atoms. The van der Waals surface area contributed by atoms with E-state index < -0.39 is 16.0 Å². The minimum absolute atomic E-state index is 0.0662. The van der Waals surface area contributed by atoms with E-state index in [1.807, 2.05) is 60.7 Å². The Labute approximate surface area is 250 Å². The number of aromatic nitrogens is 1. The van der Waals surface area contributed by atoms with Crippen molar-refractivity contribution in [1.82, 2.24) is 9.71 Å². The first-order valence-electron chi connectivity index (χ1n) is 13.7. The maximum absolute atomic E-state index is 15.6. The molecule has 0 saturated heterocycles. The van der Waals surface area contributed by atoms with E-state index in [1.165, 1.54) is 36.7 Å². The van der Waals surface area contributed by atoms with Crippen molar-refractivity contribution >= 4 is 26.8 Å². The monoisotopic (exact) mass is 601 g/mol. The lowest BCUT2D eigenvalue weighted by Gasteiger charge is -2.25. The molecular weight excluding hydrogens is 569 g/mol. The highest BCUT2D eigenvalue weighted by molar-refractivity contribution is 7.90. The van der Waals surface area contributed by atoms with Gasteiger partial charge in [-0.1, -0.05) is 60.7 Å². The van der Waals surface area contributed by atoms with Crippen LogP contribution < -0.4 is 23.2 Å². The van der Waals surface area contributed by atoms with Crippen molar-refractivity contribution in [1.29, 1.82) is 0 Å². The summed E-state index contributed by atoms with van der Waals surface area (Å²) in [4.78, 5) is 4.35. The standard InChI is InChI=1S/C33H32FN3O5S/c1-40-32-22-27-29(23-33(32)41-2)35-18-16-30(27)42-31-14-13-26(21-28(31)34)37(20-17-25-11-7-4-8-12-25)43(38,39)36-19-15-24-9-5-3-6-10-24/h3-14,16,18,21-23,36H,15,17,19-20H2,1-2H3. The normalized spacial score (nSPS) is 11.3. The van der Waals surface area contributed by atoms with Crippen molar-refractivity contribution in [3.63, 3.8) is 0 Å². The molecule has 5 aromatic rings. The summed E-state index contributed by atoms with van der Waals surface area (Å²) in [5.74, 6) is 0.552. The lowest BCUT2D eigenvalue weighted by Crippen LogP contribution is -2.42. The molecule has 8 nitrogen and oxygen atoms in total. The van der Waals surface area contributed by atoms with Crippen LogP contribution in [0.1, 0.15) is 11.1 Å². The second kappa shape index (κ2) is 13.5. The zero-order valence-corrected chi connectivity index (χ0v) is 24.7. The highest BCUT2D eigenvalue weighted by Crippen LogP contribution is 2.38. The zero-order valence-electron chi connectivity index (χ0n) is 23.9. The van der Waals surface area contributed by atoms with Gasteiger partial charge in [0.1, 0.15) is 5.75 Å². The molecule has 0 aliphatic carbocycles. The van der Waals surface area contributed by atoms with Gasteiger partial charge in [0.2, 0.25) is 0 Å². The summed E-state index contributed by atoms with van der Waals surface area (Å²) in [6, 6.07) is 28.3. The van der Waals surface area contributed by atoms with Crippen molar-refractivity contribution in [2.45, 2.75) is 12.8 Å². The maximum atomic E-state index is 15.6. The van der Waals surface area contributed by atoms with E-state index in [4.69, 9.17) is 14.2 Å². The van der Waals surface area contributed by atoms with Crippen LogP contribution in [0.15, 0.2) is 103 Å². The van der Waals surface area contributed by atoms with Gasteiger partial charge < -0.3 is 14.2 Å². The van der Waals surface area contributed by atoms with Crippen LogP contribution in [0.3, 0.4) is 0 Å². The van der Waals surface area contributed by atoms with E-state index in [0.717, 1.165) is 11.1 Å². The number of anilines is 1. The SMILES string of the molecule is COc1cc2nccc(Oc3ccc(N(CCc4ccccc4)S(=O)(=O)NCCc4ccccc4)cc3F)c2cc1OC.